The number of carbonyl (C=O) groups is 2. The quantitative estimate of drug-likeness (QED) is 0.644. The van der Waals surface area contributed by atoms with E-state index >= 15 is 0 Å². The van der Waals surface area contributed by atoms with Gasteiger partial charge in [0.15, 0.2) is 11.7 Å². The molecule has 146 valence electrons. The minimum Gasteiger partial charge on any atom is -0.482 e. The van der Waals surface area contributed by atoms with Gasteiger partial charge in [-0.3, -0.25) is 14.9 Å². The maximum absolute atomic E-state index is 13.8. The molecule has 1 aliphatic heterocycles. The second kappa shape index (κ2) is 7.84. The number of aromatic nitrogens is 1. The number of halogens is 1. The first-order valence-corrected chi connectivity index (χ1v) is 9.64. The molecule has 1 aromatic heterocycles. The third-order valence-corrected chi connectivity index (χ3v) is 5.11. The summed E-state index contributed by atoms with van der Waals surface area (Å²) in [4.78, 5) is 30.4. The molecular formula is C21H16FN3O3S. The van der Waals surface area contributed by atoms with Crippen molar-refractivity contribution in [2.75, 3.05) is 23.4 Å². The van der Waals surface area contributed by atoms with Crippen molar-refractivity contribution >= 4 is 34.0 Å². The molecule has 0 bridgehead atoms. The highest BCUT2D eigenvalue weighted by molar-refractivity contribution is 7.14. The lowest BCUT2D eigenvalue weighted by Crippen LogP contribution is -2.38. The zero-order chi connectivity index (χ0) is 20.4. The molecule has 3 aromatic rings. The highest BCUT2D eigenvalue weighted by atomic mass is 32.1. The summed E-state index contributed by atoms with van der Waals surface area (Å²) in [6.07, 6.45) is 1.65. The van der Waals surface area contributed by atoms with Gasteiger partial charge in [-0.15, -0.1) is 17.9 Å². The molecule has 0 unspecified atom stereocenters. The Bertz CT molecular complexity index is 1110. The Morgan fingerprint density at radius 3 is 2.97 bits per heavy atom. The van der Waals surface area contributed by atoms with E-state index in [1.807, 2.05) is 12.1 Å². The van der Waals surface area contributed by atoms with E-state index in [1.165, 1.54) is 29.5 Å². The summed E-state index contributed by atoms with van der Waals surface area (Å²) in [6, 6.07) is 11.2. The number of benzene rings is 2. The Morgan fingerprint density at radius 2 is 2.17 bits per heavy atom. The van der Waals surface area contributed by atoms with Crippen LogP contribution in [-0.4, -0.2) is 29.9 Å². The number of ether oxygens (including phenoxy) is 1. The highest BCUT2D eigenvalue weighted by Gasteiger charge is 2.25. The van der Waals surface area contributed by atoms with Crippen LogP contribution in [0.25, 0.3) is 11.3 Å². The zero-order valence-corrected chi connectivity index (χ0v) is 16.0. The van der Waals surface area contributed by atoms with Crippen molar-refractivity contribution in [1.82, 2.24) is 4.98 Å². The van der Waals surface area contributed by atoms with Crippen LogP contribution in [0.5, 0.6) is 5.75 Å². The number of nitrogens with one attached hydrogen (secondary N) is 1. The van der Waals surface area contributed by atoms with E-state index in [0.717, 1.165) is 5.56 Å². The third-order valence-electron chi connectivity index (χ3n) is 4.35. The number of carbonyl (C=O) groups excluding carboxylic acids is 2. The first-order chi connectivity index (χ1) is 14.1. The third kappa shape index (κ3) is 3.74. The Hall–Kier alpha value is -3.52. The van der Waals surface area contributed by atoms with Gasteiger partial charge in [0.1, 0.15) is 11.6 Å². The van der Waals surface area contributed by atoms with Gasteiger partial charge < -0.3 is 9.64 Å². The monoisotopic (exact) mass is 409 g/mol. The topological polar surface area (TPSA) is 71.5 Å². The van der Waals surface area contributed by atoms with E-state index in [2.05, 4.69) is 16.9 Å². The summed E-state index contributed by atoms with van der Waals surface area (Å²) in [6.45, 7) is 4.06. The predicted molar refractivity (Wildman–Crippen MR) is 110 cm³/mol. The summed E-state index contributed by atoms with van der Waals surface area (Å²) >= 11 is 1.23. The van der Waals surface area contributed by atoms with Crippen molar-refractivity contribution < 1.29 is 18.7 Å². The minimum absolute atomic E-state index is 0.0108. The van der Waals surface area contributed by atoms with E-state index in [-0.39, 0.29) is 18.1 Å². The molecule has 2 heterocycles. The molecule has 0 saturated heterocycles. The first kappa shape index (κ1) is 18.8. The van der Waals surface area contributed by atoms with Crippen molar-refractivity contribution in [3.63, 3.8) is 0 Å². The lowest BCUT2D eigenvalue weighted by atomic mass is 10.1. The first-order valence-electron chi connectivity index (χ1n) is 8.76. The molecule has 0 radical (unpaired) electrons. The average molecular weight is 409 g/mol. The van der Waals surface area contributed by atoms with Crippen LogP contribution < -0.4 is 15.0 Å². The van der Waals surface area contributed by atoms with E-state index < -0.39 is 11.7 Å². The minimum atomic E-state index is -0.594. The van der Waals surface area contributed by atoms with Gasteiger partial charge in [0, 0.05) is 17.5 Å². The van der Waals surface area contributed by atoms with Crippen molar-refractivity contribution in [3.05, 3.63) is 71.9 Å². The van der Waals surface area contributed by atoms with Gasteiger partial charge in [0.25, 0.3) is 11.8 Å². The van der Waals surface area contributed by atoms with Gasteiger partial charge in [0.05, 0.1) is 16.9 Å². The smallest absolute Gasteiger partial charge is 0.265 e. The lowest BCUT2D eigenvalue weighted by Gasteiger charge is -2.28. The lowest BCUT2D eigenvalue weighted by molar-refractivity contribution is -0.121. The molecule has 0 spiro atoms. The number of rotatable bonds is 5. The zero-order valence-electron chi connectivity index (χ0n) is 15.2. The fourth-order valence-corrected chi connectivity index (χ4v) is 3.68. The molecule has 4 rings (SSSR count). The van der Waals surface area contributed by atoms with Gasteiger partial charge in [0.2, 0.25) is 0 Å². The number of nitrogens with zero attached hydrogens (tertiary/aromatic N) is 2. The Kier molecular flexibility index (Phi) is 5.09. The van der Waals surface area contributed by atoms with E-state index in [0.29, 0.717) is 28.8 Å². The van der Waals surface area contributed by atoms with Crippen LogP contribution in [0.4, 0.5) is 15.2 Å². The summed E-state index contributed by atoms with van der Waals surface area (Å²) in [5.41, 5.74) is 1.98. The molecule has 0 aliphatic carbocycles. The number of anilines is 2. The van der Waals surface area contributed by atoms with E-state index in [4.69, 9.17) is 4.74 Å². The number of amides is 2. The van der Waals surface area contributed by atoms with Crippen LogP contribution in [0.2, 0.25) is 0 Å². The number of thiazole rings is 1. The number of hydrogen-bond acceptors (Lipinski definition) is 5. The second-order valence-corrected chi connectivity index (χ2v) is 7.09. The van der Waals surface area contributed by atoms with Crippen molar-refractivity contribution in [2.45, 2.75) is 0 Å². The summed E-state index contributed by atoms with van der Waals surface area (Å²) in [7, 11) is 0. The van der Waals surface area contributed by atoms with Gasteiger partial charge >= 0.3 is 0 Å². The summed E-state index contributed by atoms with van der Waals surface area (Å²) < 4.78 is 19.3. The molecule has 1 N–H and O–H groups in total. The normalized spacial score (nSPS) is 12.9. The van der Waals surface area contributed by atoms with Crippen molar-refractivity contribution in [3.8, 4) is 17.0 Å². The van der Waals surface area contributed by atoms with Crippen LogP contribution in [0, 0.1) is 5.82 Å². The number of hydrogen-bond donors (Lipinski definition) is 1. The molecule has 29 heavy (non-hydrogen) atoms. The van der Waals surface area contributed by atoms with Crippen LogP contribution >= 0.6 is 11.3 Å². The SMILES string of the molecule is C=CCN1C(=O)COc2ccc(-c3csc(NC(=O)c4ccccc4F)n3)cc21. The van der Waals surface area contributed by atoms with Gasteiger partial charge in [-0.05, 0) is 30.3 Å². The van der Waals surface area contributed by atoms with E-state index in [1.54, 1.807) is 28.5 Å². The molecular weight excluding hydrogens is 393 g/mol. The molecule has 1 aliphatic rings. The summed E-state index contributed by atoms with van der Waals surface area (Å²) in [5.74, 6) is -0.696. The average Bonchev–Trinajstić information content (AvgIpc) is 3.18. The van der Waals surface area contributed by atoms with Crippen LogP contribution in [-0.2, 0) is 4.79 Å². The maximum atomic E-state index is 13.8. The molecule has 0 saturated carbocycles. The predicted octanol–water partition coefficient (Wildman–Crippen LogP) is 4.11. The number of fused-ring (bicyclic) bond motifs is 1. The second-order valence-electron chi connectivity index (χ2n) is 6.24. The largest absolute Gasteiger partial charge is 0.482 e. The van der Waals surface area contributed by atoms with Gasteiger partial charge in [-0.25, -0.2) is 9.37 Å². The molecule has 8 heteroatoms. The molecule has 6 nitrogen and oxygen atoms in total. The standard InChI is InChI=1S/C21H16FN3O3S/c1-2-9-25-17-10-13(7-8-18(17)28-11-19(25)26)16-12-29-21(23-16)24-20(27)14-5-3-4-6-15(14)22/h2-8,10,12H,1,9,11H2,(H,23,24,27). The Labute approximate surface area is 170 Å². The van der Waals surface area contributed by atoms with Crippen molar-refractivity contribution in [1.29, 1.82) is 0 Å². The Balaban J connectivity index is 1.59. The van der Waals surface area contributed by atoms with Crippen LogP contribution in [0.3, 0.4) is 0 Å². The summed E-state index contributed by atoms with van der Waals surface area (Å²) in [5, 5.41) is 4.74. The van der Waals surface area contributed by atoms with Crippen LogP contribution in [0.1, 0.15) is 10.4 Å². The molecule has 0 fully saturated rings. The Morgan fingerprint density at radius 1 is 1.34 bits per heavy atom. The van der Waals surface area contributed by atoms with E-state index in [9.17, 15) is 14.0 Å². The highest BCUT2D eigenvalue weighted by Crippen LogP contribution is 2.36. The van der Waals surface area contributed by atoms with Crippen LogP contribution in [0.15, 0.2) is 60.5 Å². The molecule has 2 amide bonds. The maximum Gasteiger partial charge on any atom is 0.265 e. The molecule has 0 atom stereocenters. The van der Waals surface area contributed by atoms with Gasteiger partial charge in [-0.1, -0.05) is 18.2 Å². The molecule has 2 aromatic carbocycles. The van der Waals surface area contributed by atoms with Crippen molar-refractivity contribution in [2.24, 2.45) is 0 Å². The fraction of sp³-hybridized carbons (Fsp3) is 0.0952. The fourth-order valence-electron chi connectivity index (χ4n) is 2.96. The van der Waals surface area contributed by atoms with Gasteiger partial charge in [-0.2, -0.15) is 0 Å².